The summed E-state index contributed by atoms with van der Waals surface area (Å²) in [4.78, 5) is 0. The van der Waals surface area contributed by atoms with Crippen molar-refractivity contribution in [2.24, 2.45) is 0 Å². The van der Waals surface area contributed by atoms with Gasteiger partial charge in [0.25, 0.3) is 0 Å². The topological polar surface area (TPSA) is 12.0 Å². The van der Waals surface area contributed by atoms with Gasteiger partial charge in [-0.05, 0) is 38.0 Å². The third-order valence-electron chi connectivity index (χ3n) is 2.72. The standard InChI is InChI=1S/C12H21NS/c1-3-5-6-9-13-11-7-8-12(10-11)14-4-2/h1,11-13H,4-10H2,2H3. The zero-order valence-electron chi connectivity index (χ0n) is 9.09. The normalized spacial score (nSPS) is 26.3. The Balaban J connectivity index is 2.02. The summed E-state index contributed by atoms with van der Waals surface area (Å²) in [6.45, 7) is 3.34. The van der Waals surface area contributed by atoms with E-state index in [9.17, 15) is 0 Å². The fourth-order valence-corrected chi connectivity index (χ4v) is 3.15. The molecule has 0 heterocycles. The van der Waals surface area contributed by atoms with E-state index in [1.54, 1.807) is 0 Å². The molecule has 2 atom stereocenters. The number of nitrogens with one attached hydrogen (secondary N) is 1. The average molecular weight is 211 g/mol. The van der Waals surface area contributed by atoms with Crippen molar-refractivity contribution < 1.29 is 0 Å². The number of hydrogen-bond acceptors (Lipinski definition) is 2. The van der Waals surface area contributed by atoms with Gasteiger partial charge in [-0.1, -0.05) is 6.92 Å². The predicted molar refractivity (Wildman–Crippen MR) is 65.6 cm³/mol. The van der Waals surface area contributed by atoms with E-state index in [1.807, 2.05) is 0 Å². The number of thioether (sulfide) groups is 1. The van der Waals surface area contributed by atoms with E-state index < -0.39 is 0 Å². The van der Waals surface area contributed by atoms with Gasteiger partial charge in [-0.15, -0.1) is 12.3 Å². The molecule has 0 radical (unpaired) electrons. The van der Waals surface area contributed by atoms with Crippen LogP contribution in [0.2, 0.25) is 0 Å². The first kappa shape index (κ1) is 11.9. The van der Waals surface area contributed by atoms with Gasteiger partial charge in [-0.2, -0.15) is 11.8 Å². The Kier molecular flexibility index (Phi) is 6.14. The zero-order valence-corrected chi connectivity index (χ0v) is 9.91. The van der Waals surface area contributed by atoms with Gasteiger partial charge >= 0.3 is 0 Å². The van der Waals surface area contributed by atoms with E-state index in [2.05, 4.69) is 29.9 Å². The summed E-state index contributed by atoms with van der Waals surface area (Å²) in [5.41, 5.74) is 0. The molecule has 14 heavy (non-hydrogen) atoms. The van der Waals surface area contributed by atoms with Crippen molar-refractivity contribution in [2.75, 3.05) is 12.3 Å². The molecule has 1 fully saturated rings. The first-order valence-electron chi connectivity index (χ1n) is 5.65. The van der Waals surface area contributed by atoms with Crippen LogP contribution in [-0.2, 0) is 0 Å². The highest BCUT2D eigenvalue weighted by Crippen LogP contribution is 2.29. The van der Waals surface area contributed by atoms with Crippen LogP contribution in [0.5, 0.6) is 0 Å². The van der Waals surface area contributed by atoms with Gasteiger partial charge in [0.1, 0.15) is 0 Å². The fraction of sp³-hybridized carbons (Fsp3) is 0.833. The van der Waals surface area contributed by atoms with Gasteiger partial charge in [-0.25, -0.2) is 0 Å². The van der Waals surface area contributed by atoms with Gasteiger partial charge in [0.2, 0.25) is 0 Å². The molecule has 2 unspecified atom stereocenters. The summed E-state index contributed by atoms with van der Waals surface area (Å²) < 4.78 is 0. The maximum atomic E-state index is 5.20. The van der Waals surface area contributed by atoms with Crippen LogP contribution in [0.3, 0.4) is 0 Å². The molecule has 0 spiro atoms. The maximum Gasteiger partial charge on any atom is 0.00981 e. The van der Waals surface area contributed by atoms with Gasteiger partial charge in [0, 0.05) is 17.7 Å². The van der Waals surface area contributed by atoms with Crippen LogP contribution in [0.15, 0.2) is 0 Å². The summed E-state index contributed by atoms with van der Waals surface area (Å²) in [6, 6.07) is 0.761. The van der Waals surface area contributed by atoms with Crippen molar-refractivity contribution in [3.63, 3.8) is 0 Å². The molecular weight excluding hydrogens is 190 g/mol. The quantitative estimate of drug-likeness (QED) is 0.535. The molecule has 1 rings (SSSR count). The molecule has 0 aromatic rings. The Morgan fingerprint density at radius 3 is 3.07 bits per heavy atom. The van der Waals surface area contributed by atoms with Gasteiger partial charge < -0.3 is 5.32 Å². The molecule has 1 nitrogen and oxygen atoms in total. The molecule has 0 amide bonds. The van der Waals surface area contributed by atoms with Crippen LogP contribution >= 0.6 is 11.8 Å². The number of rotatable bonds is 6. The molecular formula is C12H21NS. The first-order valence-corrected chi connectivity index (χ1v) is 6.70. The number of unbranched alkanes of at least 4 members (excludes halogenated alkanes) is 1. The smallest absolute Gasteiger partial charge is 0.00981 e. The molecule has 0 saturated heterocycles. The van der Waals surface area contributed by atoms with Gasteiger partial charge in [0.15, 0.2) is 0 Å². The monoisotopic (exact) mass is 211 g/mol. The van der Waals surface area contributed by atoms with Crippen LogP contribution in [0.1, 0.15) is 39.0 Å². The Bertz CT molecular complexity index is 185. The second kappa shape index (κ2) is 7.20. The Morgan fingerprint density at radius 2 is 2.36 bits per heavy atom. The van der Waals surface area contributed by atoms with Gasteiger partial charge in [0.05, 0.1) is 0 Å². The molecule has 0 bridgehead atoms. The lowest BCUT2D eigenvalue weighted by atomic mass is 10.2. The molecule has 1 aliphatic carbocycles. The third kappa shape index (κ3) is 4.39. The minimum atomic E-state index is 0.761. The molecule has 0 aromatic heterocycles. The highest BCUT2D eigenvalue weighted by atomic mass is 32.2. The molecule has 2 heteroatoms. The largest absolute Gasteiger partial charge is 0.314 e. The van der Waals surface area contributed by atoms with Crippen LogP contribution < -0.4 is 5.32 Å². The van der Waals surface area contributed by atoms with Crippen LogP contribution in [0, 0.1) is 12.3 Å². The van der Waals surface area contributed by atoms with Crippen molar-refractivity contribution in [1.29, 1.82) is 0 Å². The minimum Gasteiger partial charge on any atom is -0.314 e. The minimum absolute atomic E-state index is 0.761. The summed E-state index contributed by atoms with van der Waals surface area (Å²) >= 11 is 2.11. The number of hydrogen-bond donors (Lipinski definition) is 1. The van der Waals surface area contributed by atoms with E-state index in [0.29, 0.717) is 0 Å². The lowest BCUT2D eigenvalue weighted by Crippen LogP contribution is -2.27. The van der Waals surface area contributed by atoms with Gasteiger partial charge in [-0.3, -0.25) is 0 Å². The molecule has 1 N–H and O–H groups in total. The highest BCUT2D eigenvalue weighted by molar-refractivity contribution is 7.99. The molecule has 1 saturated carbocycles. The van der Waals surface area contributed by atoms with E-state index in [4.69, 9.17) is 6.42 Å². The third-order valence-corrected chi connectivity index (χ3v) is 3.95. The second-order valence-corrected chi connectivity index (χ2v) is 5.43. The summed E-state index contributed by atoms with van der Waals surface area (Å²) in [5, 5.41) is 4.50. The van der Waals surface area contributed by atoms with E-state index in [-0.39, 0.29) is 0 Å². The Hall–Kier alpha value is -0.130. The summed E-state index contributed by atoms with van der Waals surface area (Å²) in [6.07, 6.45) is 11.3. The van der Waals surface area contributed by atoms with Crippen molar-refractivity contribution >= 4 is 11.8 Å². The molecule has 0 aromatic carbocycles. The zero-order chi connectivity index (χ0) is 10.2. The fourth-order valence-electron chi connectivity index (χ4n) is 2.01. The van der Waals surface area contributed by atoms with E-state index >= 15 is 0 Å². The highest BCUT2D eigenvalue weighted by Gasteiger charge is 2.23. The van der Waals surface area contributed by atoms with Crippen molar-refractivity contribution in [3.05, 3.63) is 0 Å². The average Bonchev–Trinajstić information content (AvgIpc) is 2.61. The van der Waals surface area contributed by atoms with Crippen molar-refractivity contribution in [3.8, 4) is 12.3 Å². The molecule has 0 aliphatic heterocycles. The lowest BCUT2D eigenvalue weighted by Gasteiger charge is -2.12. The number of terminal acetylenes is 1. The Labute approximate surface area is 92.4 Å². The summed E-state index contributed by atoms with van der Waals surface area (Å²) in [7, 11) is 0. The maximum absolute atomic E-state index is 5.20. The summed E-state index contributed by atoms with van der Waals surface area (Å²) in [5.74, 6) is 3.94. The first-order chi connectivity index (χ1) is 6.86. The van der Waals surface area contributed by atoms with Crippen molar-refractivity contribution in [1.82, 2.24) is 5.32 Å². The Morgan fingerprint density at radius 1 is 1.50 bits per heavy atom. The van der Waals surface area contributed by atoms with E-state index in [1.165, 1.54) is 25.0 Å². The predicted octanol–water partition coefficient (Wildman–Crippen LogP) is 2.66. The lowest BCUT2D eigenvalue weighted by molar-refractivity contribution is 0.519. The van der Waals surface area contributed by atoms with Crippen molar-refractivity contribution in [2.45, 2.75) is 50.3 Å². The SMILES string of the molecule is C#CCCCNC1CCC(SCC)C1. The van der Waals surface area contributed by atoms with E-state index in [0.717, 1.165) is 30.7 Å². The van der Waals surface area contributed by atoms with Crippen LogP contribution in [-0.4, -0.2) is 23.6 Å². The molecule has 1 aliphatic rings. The van der Waals surface area contributed by atoms with Crippen LogP contribution in [0.25, 0.3) is 0 Å². The van der Waals surface area contributed by atoms with Crippen LogP contribution in [0.4, 0.5) is 0 Å². The second-order valence-electron chi connectivity index (χ2n) is 3.85. The molecule has 80 valence electrons.